The molecule has 0 saturated heterocycles. The molecule has 0 radical (unpaired) electrons. The van der Waals surface area contributed by atoms with Crippen molar-refractivity contribution in [3.63, 3.8) is 0 Å². The summed E-state index contributed by atoms with van der Waals surface area (Å²) < 4.78 is 10.7. The van der Waals surface area contributed by atoms with E-state index in [4.69, 9.17) is 21.7 Å². The minimum atomic E-state index is -0.373. The minimum Gasteiger partial charge on any atom is -0.493 e. The zero-order chi connectivity index (χ0) is 18.5. The summed E-state index contributed by atoms with van der Waals surface area (Å²) in [7, 11) is 3.16. The van der Waals surface area contributed by atoms with Crippen LogP contribution in [0.1, 0.15) is 5.56 Å². The lowest BCUT2D eigenvalue weighted by atomic mass is 10.1. The SMILES string of the molecule is COc1ccc(C=Nc2ccccc2-c2n[nH]c(=S)[nH]c2=O)cc1OC. The van der Waals surface area contributed by atoms with Gasteiger partial charge in [0.15, 0.2) is 22.0 Å². The van der Waals surface area contributed by atoms with Crippen molar-refractivity contribution < 1.29 is 9.47 Å². The molecule has 0 saturated carbocycles. The molecule has 26 heavy (non-hydrogen) atoms. The number of nitrogens with one attached hydrogen (secondary N) is 2. The summed E-state index contributed by atoms with van der Waals surface area (Å²) in [5.41, 5.74) is 1.87. The highest BCUT2D eigenvalue weighted by molar-refractivity contribution is 7.71. The van der Waals surface area contributed by atoms with Crippen LogP contribution in [0.25, 0.3) is 11.3 Å². The summed E-state index contributed by atoms with van der Waals surface area (Å²) in [6.45, 7) is 0. The Labute approximate surface area is 154 Å². The predicted octanol–water partition coefficient (Wildman–Crippen LogP) is 3.26. The molecule has 2 aromatic carbocycles. The second-order valence-corrected chi connectivity index (χ2v) is 5.65. The maximum atomic E-state index is 12.1. The van der Waals surface area contributed by atoms with E-state index >= 15 is 0 Å². The Morgan fingerprint density at radius 2 is 1.88 bits per heavy atom. The molecule has 132 valence electrons. The van der Waals surface area contributed by atoms with Crippen LogP contribution in [0, 0.1) is 4.77 Å². The van der Waals surface area contributed by atoms with Gasteiger partial charge in [-0.05, 0) is 42.0 Å². The zero-order valence-corrected chi connectivity index (χ0v) is 15.0. The first-order valence-electron chi connectivity index (χ1n) is 7.67. The van der Waals surface area contributed by atoms with Gasteiger partial charge in [-0.1, -0.05) is 18.2 Å². The number of aromatic nitrogens is 3. The topological polar surface area (TPSA) is 92.4 Å². The average molecular weight is 368 g/mol. The molecular formula is C18H16N4O3S. The first kappa shape index (κ1) is 17.6. The summed E-state index contributed by atoms with van der Waals surface area (Å²) in [6.07, 6.45) is 1.68. The number of para-hydroxylation sites is 1. The van der Waals surface area contributed by atoms with Crippen molar-refractivity contribution in [3.05, 3.63) is 63.2 Å². The fourth-order valence-electron chi connectivity index (χ4n) is 2.39. The molecule has 0 amide bonds. The molecule has 0 atom stereocenters. The third-order valence-electron chi connectivity index (χ3n) is 3.63. The number of H-pyrrole nitrogens is 2. The van der Waals surface area contributed by atoms with Gasteiger partial charge in [0.25, 0.3) is 5.56 Å². The number of hydrogen-bond donors (Lipinski definition) is 2. The van der Waals surface area contributed by atoms with Crippen molar-refractivity contribution in [2.45, 2.75) is 0 Å². The molecule has 1 heterocycles. The molecule has 2 N–H and O–H groups in total. The van der Waals surface area contributed by atoms with Gasteiger partial charge in [-0.3, -0.25) is 19.9 Å². The highest BCUT2D eigenvalue weighted by atomic mass is 32.1. The average Bonchev–Trinajstić information content (AvgIpc) is 2.66. The smallest absolute Gasteiger partial charge is 0.278 e. The molecule has 0 aliphatic carbocycles. The molecular weight excluding hydrogens is 352 g/mol. The van der Waals surface area contributed by atoms with E-state index in [9.17, 15) is 4.79 Å². The Bertz CT molecular complexity index is 1070. The van der Waals surface area contributed by atoms with Gasteiger partial charge in [0.1, 0.15) is 0 Å². The highest BCUT2D eigenvalue weighted by Gasteiger charge is 2.10. The van der Waals surface area contributed by atoms with Crippen molar-refractivity contribution in [3.8, 4) is 22.8 Å². The molecule has 0 bridgehead atoms. The molecule has 0 spiro atoms. The van der Waals surface area contributed by atoms with E-state index in [1.54, 1.807) is 38.6 Å². The van der Waals surface area contributed by atoms with Crippen molar-refractivity contribution in [2.24, 2.45) is 4.99 Å². The molecule has 0 aliphatic heterocycles. The fourth-order valence-corrected chi connectivity index (χ4v) is 2.53. The molecule has 8 heteroatoms. The summed E-state index contributed by atoms with van der Waals surface area (Å²) in [6, 6.07) is 12.7. The molecule has 1 aromatic heterocycles. The van der Waals surface area contributed by atoms with Crippen LogP contribution in [0.2, 0.25) is 0 Å². The lowest BCUT2D eigenvalue weighted by molar-refractivity contribution is 0.355. The molecule has 0 fully saturated rings. The second kappa shape index (κ2) is 7.75. The Balaban J connectivity index is 2.00. The van der Waals surface area contributed by atoms with Gasteiger partial charge in [0.05, 0.1) is 19.9 Å². The number of methoxy groups -OCH3 is 2. The van der Waals surface area contributed by atoms with Crippen LogP contribution in [-0.2, 0) is 0 Å². The number of aliphatic imine (C=N–C) groups is 1. The van der Waals surface area contributed by atoms with Gasteiger partial charge in [0.2, 0.25) is 0 Å². The second-order valence-electron chi connectivity index (χ2n) is 5.25. The Hall–Kier alpha value is -3.26. The van der Waals surface area contributed by atoms with E-state index in [1.165, 1.54) is 0 Å². The van der Waals surface area contributed by atoms with E-state index in [0.717, 1.165) is 5.56 Å². The highest BCUT2D eigenvalue weighted by Crippen LogP contribution is 2.28. The van der Waals surface area contributed by atoms with E-state index in [-0.39, 0.29) is 16.0 Å². The first-order chi connectivity index (χ1) is 12.6. The standard InChI is InChI=1S/C18H16N4O3S/c1-24-14-8-7-11(9-15(14)25-2)10-19-13-6-4-3-5-12(13)16-17(23)20-18(26)22-21-16/h3-10H,1-2H3,(H2,20,22,23,26). The van der Waals surface area contributed by atoms with Crippen molar-refractivity contribution >= 4 is 24.1 Å². The van der Waals surface area contributed by atoms with Crippen LogP contribution in [0.5, 0.6) is 11.5 Å². The van der Waals surface area contributed by atoms with Gasteiger partial charge in [-0.2, -0.15) is 5.10 Å². The summed E-state index contributed by atoms with van der Waals surface area (Å²) in [5.74, 6) is 1.25. The molecule has 3 rings (SSSR count). The largest absolute Gasteiger partial charge is 0.493 e. The maximum absolute atomic E-state index is 12.1. The number of hydrogen-bond acceptors (Lipinski definition) is 6. The number of benzene rings is 2. The fraction of sp³-hybridized carbons (Fsp3) is 0.111. The number of nitrogens with zero attached hydrogens (tertiary/aromatic N) is 2. The van der Waals surface area contributed by atoms with Crippen LogP contribution < -0.4 is 15.0 Å². The third-order valence-corrected chi connectivity index (χ3v) is 3.82. The molecule has 3 aromatic rings. The van der Waals surface area contributed by atoms with Crippen LogP contribution in [0.15, 0.2) is 52.3 Å². The quantitative estimate of drug-likeness (QED) is 0.533. The van der Waals surface area contributed by atoms with Gasteiger partial charge in [-0.25, -0.2) is 0 Å². The van der Waals surface area contributed by atoms with Crippen molar-refractivity contribution in [1.82, 2.24) is 15.2 Å². The monoisotopic (exact) mass is 368 g/mol. The lowest BCUT2D eigenvalue weighted by Crippen LogP contribution is -2.12. The Kier molecular flexibility index (Phi) is 5.23. The van der Waals surface area contributed by atoms with E-state index in [0.29, 0.717) is 22.7 Å². The zero-order valence-electron chi connectivity index (χ0n) is 14.1. The van der Waals surface area contributed by atoms with Gasteiger partial charge < -0.3 is 9.47 Å². The summed E-state index contributed by atoms with van der Waals surface area (Å²) in [5, 5.41) is 6.63. The predicted molar refractivity (Wildman–Crippen MR) is 102 cm³/mol. The van der Waals surface area contributed by atoms with Crippen LogP contribution >= 0.6 is 12.2 Å². The van der Waals surface area contributed by atoms with Crippen LogP contribution in [-0.4, -0.2) is 35.6 Å². The van der Waals surface area contributed by atoms with Crippen molar-refractivity contribution in [1.29, 1.82) is 0 Å². The van der Waals surface area contributed by atoms with E-state index < -0.39 is 0 Å². The minimum absolute atomic E-state index is 0.171. The first-order valence-corrected chi connectivity index (χ1v) is 8.07. The molecule has 0 aliphatic rings. The van der Waals surface area contributed by atoms with E-state index in [2.05, 4.69) is 20.2 Å². The van der Waals surface area contributed by atoms with Crippen LogP contribution in [0.4, 0.5) is 5.69 Å². The Morgan fingerprint density at radius 3 is 2.62 bits per heavy atom. The summed E-state index contributed by atoms with van der Waals surface area (Å²) in [4.78, 5) is 19.2. The van der Waals surface area contributed by atoms with Gasteiger partial charge in [-0.15, -0.1) is 0 Å². The molecule has 7 nitrogen and oxygen atoms in total. The maximum Gasteiger partial charge on any atom is 0.278 e. The normalized spacial score (nSPS) is 10.8. The van der Waals surface area contributed by atoms with Crippen LogP contribution in [0.3, 0.4) is 0 Å². The van der Waals surface area contributed by atoms with Gasteiger partial charge >= 0.3 is 0 Å². The number of rotatable bonds is 5. The Morgan fingerprint density at radius 1 is 1.12 bits per heavy atom. The van der Waals surface area contributed by atoms with Gasteiger partial charge in [0, 0.05) is 11.8 Å². The lowest BCUT2D eigenvalue weighted by Gasteiger charge is -2.07. The molecule has 0 unspecified atom stereocenters. The summed E-state index contributed by atoms with van der Waals surface area (Å²) >= 11 is 4.88. The van der Waals surface area contributed by atoms with Crippen molar-refractivity contribution in [2.75, 3.05) is 14.2 Å². The van der Waals surface area contributed by atoms with E-state index in [1.807, 2.05) is 24.3 Å². The number of ether oxygens (including phenoxy) is 2. The number of aromatic amines is 2. The third kappa shape index (κ3) is 3.70.